The molecule has 0 fully saturated rings. The molecule has 1 unspecified atom stereocenters. The van der Waals surface area contributed by atoms with Crippen molar-refractivity contribution in [3.05, 3.63) is 57.2 Å². The normalized spacial score (nSPS) is 11.8. The van der Waals surface area contributed by atoms with Gasteiger partial charge in [0.15, 0.2) is 5.78 Å². The van der Waals surface area contributed by atoms with Crippen LogP contribution in [-0.2, 0) is 0 Å². The molecule has 2 aromatic rings. The fourth-order valence-corrected chi connectivity index (χ4v) is 2.43. The number of halogens is 1. The molecule has 0 aliphatic heterocycles. The third-order valence-corrected chi connectivity index (χ3v) is 3.46. The van der Waals surface area contributed by atoms with Crippen LogP contribution >= 0.6 is 22.9 Å². The van der Waals surface area contributed by atoms with Gasteiger partial charge in [0.2, 0.25) is 0 Å². The summed E-state index contributed by atoms with van der Waals surface area (Å²) in [5.74, 6) is -0.961. The molecule has 4 heteroatoms. The lowest BCUT2D eigenvalue weighted by Gasteiger charge is -2.07. The van der Waals surface area contributed by atoms with Crippen molar-refractivity contribution < 1.29 is 4.79 Å². The fraction of sp³-hybridized carbons (Fsp3) is 0.0769. The van der Waals surface area contributed by atoms with Gasteiger partial charge in [-0.05, 0) is 29.1 Å². The minimum Gasteiger partial charge on any atom is -0.291 e. The second-order valence-corrected chi connectivity index (χ2v) is 4.84. The fourth-order valence-electron chi connectivity index (χ4n) is 1.53. The van der Waals surface area contributed by atoms with Gasteiger partial charge >= 0.3 is 0 Å². The van der Waals surface area contributed by atoms with E-state index in [2.05, 4.69) is 0 Å². The molecule has 1 heterocycles. The molecule has 1 aromatic heterocycles. The first-order valence-corrected chi connectivity index (χ1v) is 6.21. The van der Waals surface area contributed by atoms with Crippen molar-refractivity contribution in [3.63, 3.8) is 0 Å². The Labute approximate surface area is 108 Å². The Bertz CT molecular complexity index is 571. The highest BCUT2D eigenvalue weighted by Gasteiger charge is 2.22. The van der Waals surface area contributed by atoms with Crippen LogP contribution in [0.25, 0.3) is 0 Å². The Morgan fingerprint density at radius 1 is 1.35 bits per heavy atom. The van der Waals surface area contributed by atoms with Gasteiger partial charge in [0.05, 0.1) is 10.9 Å². The molecule has 2 rings (SSSR count). The number of thiophene rings is 1. The summed E-state index contributed by atoms with van der Waals surface area (Å²) >= 11 is 7.20. The lowest BCUT2D eigenvalue weighted by atomic mass is 9.95. The molecule has 0 aliphatic rings. The van der Waals surface area contributed by atoms with E-state index < -0.39 is 5.92 Å². The van der Waals surface area contributed by atoms with Crippen LogP contribution in [0.1, 0.15) is 21.2 Å². The van der Waals surface area contributed by atoms with Crippen molar-refractivity contribution in [3.8, 4) is 6.07 Å². The summed E-state index contributed by atoms with van der Waals surface area (Å²) in [7, 11) is 0. The summed E-state index contributed by atoms with van der Waals surface area (Å²) in [6.07, 6.45) is 0. The second-order valence-electron chi connectivity index (χ2n) is 3.46. The molecule has 84 valence electrons. The van der Waals surface area contributed by atoms with Crippen LogP contribution in [0.5, 0.6) is 0 Å². The van der Waals surface area contributed by atoms with E-state index in [0.29, 0.717) is 15.5 Å². The first kappa shape index (κ1) is 11.8. The standard InChI is InChI=1S/C13H8ClNOS/c14-10-4-1-3-9(7-10)11(8-15)13(16)12-5-2-6-17-12/h1-7,11H. The second kappa shape index (κ2) is 5.13. The van der Waals surface area contributed by atoms with Crippen molar-refractivity contribution in [2.24, 2.45) is 0 Å². The van der Waals surface area contributed by atoms with Gasteiger partial charge in [0.1, 0.15) is 5.92 Å². The number of rotatable bonds is 3. The maximum absolute atomic E-state index is 12.1. The minimum atomic E-state index is -0.785. The van der Waals surface area contributed by atoms with E-state index in [1.807, 2.05) is 11.4 Å². The molecular weight excluding hydrogens is 254 g/mol. The summed E-state index contributed by atoms with van der Waals surface area (Å²) in [5.41, 5.74) is 0.637. The van der Waals surface area contributed by atoms with E-state index in [9.17, 15) is 4.79 Å². The monoisotopic (exact) mass is 261 g/mol. The Kier molecular flexibility index (Phi) is 3.58. The quantitative estimate of drug-likeness (QED) is 0.787. The molecule has 0 amide bonds. The highest BCUT2D eigenvalue weighted by atomic mass is 35.5. The number of Topliss-reactive ketones (excluding diaryl/α,β-unsaturated/α-hetero) is 1. The molecular formula is C13H8ClNOS. The van der Waals surface area contributed by atoms with Crippen molar-refractivity contribution in [1.29, 1.82) is 5.26 Å². The molecule has 1 aromatic carbocycles. The Morgan fingerprint density at radius 2 is 2.18 bits per heavy atom. The summed E-state index contributed by atoms with van der Waals surface area (Å²) < 4.78 is 0. The van der Waals surface area contributed by atoms with Gasteiger partial charge in [-0.15, -0.1) is 11.3 Å². The molecule has 0 spiro atoms. The highest BCUT2D eigenvalue weighted by molar-refractivity contribution is 7.12. The van der Waals surface area contributed by atoms with Gasteiger partial charge in [-0.2, -0.15) is 5.26 Å². The zero-order valence-electron chi connectivity index (χ0n) is 8.76. The van der Waals surface area contributed by atoms with E-state index in [-0.39, 0.29) is 5.78 Å². The van der Waals surface area contributed by atoms with Crippen LogP contribution < -0.4 is 0 Å². The number of nitrogens with zero attached hydrogens (tertiary/aromatic N) is 1. The number of carbonyl (C=O) groups excluding carboxylic acids is 1. The summed E-state index contributed by atoms with van der Waals surface area (Å²) in [5, 5.41) is 11.5. The van der Waals surface area contributed by atoms with Gasteiger partial charge in [-0.3, -0.25) is 4.79 Å². The molecule has 0 saturated carbocycles. The van der Waals surface area contributed by atoms with Crippen LogP contribution in [0, 0.1) is 11.3 Å². The number of ketones is 1. The van der Waals surface area contributed by atoms with Crippen molar-refractivity contribution in [2.75, 3.05) is 0 Å². The summed E-state index contributed by atoms with van der Waals surface area (Å²) in [6, 6.07) is 12.4. The number of benzene rings is 1. The number of nitriles is 1. The van der Waals surface area contributed by atoms with Gasteiger partial charge in [0, 0.05) is 5.02 Å². The van der Waals surface area contributed by atoms with Crippen LogP contribution in [0.15, 0.2) is 41.8 Å². The van der Waals surface area contributed by atoms with Crippen molar-refractivity contribution in [1.82, 2.24) is 0 Å². The Hall–Kier alpha value is -1.63. The average Bonchev–Trinajstić information content (AvgIpc) is 2.83. The largest absolute Gasteiger partial charge is 0.291 e. The number of carbonyl (C=O) groups is 1. The highest BCUT2D eigenvalue weighted by Crippen LogP contribution is 2.24. The zero-order chi connectivity index (χ0) is 12.3. The van der Waals surface area contributed by atoms with E-state index in [4.69, 9.17) is 16.9 Å². The predicted molar refractivity (Wildman–Crippen MR) is 68.5 cm³/mol. The van der Waals surface area contributed by atoms with Gasteiger partial charge < -0.3 is 0 Å². The SMILES string of the molecule is N#CC(C(=O)c1cccs1)c1cccc(Cl)c1. The molecule has 2 nitrogen and oxygen atoms in total. The third kappa shape index (κ3) is 2.55. The lowest BCUT2D eigenvalue weighted by Crippen LogP contribution is -2.09. The average molecular weight is 262 g/mol. The van der Waals surface area contributed by atoms with Crippen molar-refractivity contribution in [2.45, 2.75) is 5.92 Å². The molecule has 0 saturated heterocycles. The summed E-state index contributed by atoms with van der Waals surface area (Å²) in [6.45, 7) is 0. The number of hydrogen-bond acceptors (Lipinski definition) is 3. The first-order valence-electron chi connectivity index (χ1n) is 4.95. The zero-order valence-corrected chi connectivity index (χ0v) is 10.3. The van der Waals surface area contributed by atoms with Gasteiger partial charge in [-0.25, -0.2) is 0 Å². The third-order valence-electron chi connectivity index (χ3n) is 2.34. The summed E-state index contributed by atoms with van der Waals surface area (Å²) in [4.78, 5) is 12.7. The molecule has 0 bridgehead atoms. The smallest absolute Gasteiger partial charge is 0.194 e. The Morgan fingerprint density at radius 3 is 2.76 bits per heavy atom. The molecule has 0 N–H and O–H groups in total. The van der Waals surface area contributed by atoms with E-state index in [0.717, 1.165) is 0 Å². The topological polar surface area (TPSA) is 40.9 Å². The Balaban J connectivity index is 2.35. The van der Waals surface area contributed by atoms with Crippen molar-refractivity contribution >= 4 is 28.7 Å². The van der Waals surface area contributed by atoms with E-state index >= 15 is 0 Å². The van der Waals surface area contributed by atoms with E-state index in [1.165, 1.54) is 11.3 Å². The van der Waals surface area contributed by atoms with Crippen LogP contribution in [-0.4, -0.2) is 5.78 Å². The van der Waals surface area contributed by atoms with Crippen LogP contribution in [0.3, 0.4) is 0 Å². The van der Waals surface area contributed by atoms with Crippen LogP contribution in [0.2, 0.25) is 5.02 Å². The molecule has 0 radical (unpaired) electrons. The molecule has 17 heavy (non-hydrogen) atoms. The minimum absolute atomic E-state index is 0.176. The van der Waals surface area contributed by atoms with Crippen LogP contribution in [0.4, 0.5) is 0 Å². The van der Waals surface area contributed by atoms with Gasteiger partial charge in [-0.1, -0.05) is 29.8 Å². The first-order chi connectivity index (χ1) is 8.22. The lowest BCUT2D eigenvalue weighted by molar-refractivity contribution is 0.0983. The predicted octanol–water partition coefficient (Wildman–Crippen LogP) is 3.89. The number of hydrogen-bond donors (Lipinski definition) is 0. The maximum Gasteiger partial charge on any atom is 0.194 e. The van der Waals surface area contributed by atoms with Gasteiger partial charge in [0.25, 0.3) is 0 Å². The maximum atomic E-state index is 12.1. The van der Waals surface area contributed by atoms with E-state index in [1.54, 1.807) is 36.4 Å². The molecule has 1 atom stereocenters. The molecule has 0 aliphatic carbocycles.